The Balaban J connectivity index is 2.12. The Bertz CT molecular complexity index is 548. The van der Waals surface area contributed by atoms with Gasteiger partial charge in [0.2, 0.25) is 0 Å². The van der Waals surface area contributed by atoms with Crippen LogP contribution in [0.4, 0.5) is 0 Å². The maximum Gasteiger partial charge on any atom is 0.357 e. The first-order valence-corrected chi connectivity index (χ1v) is 6.74. The Hall–Kier alpha value is -1.68. The molecule has 0 aliphatic heterocycles. The molecule has 4 heteroatoms. The zero-order valence-corrected chi connectivity index (χ0v) is 11.3. The van der Waals surface area contributed by atoms with Crippen LogP contribution in [0.2, 0.25) is 0 Å². The van der Waals surface area contributed by atoms with E-state index in [1.807, 2.05) is 12.1 Å². The second-order valence-electron chi connectivity index (χ2n) is 3.95. The van der Waals surface area contributed by atoms with Crippen LogP contribution in [0.15, 0.2) is 29.6 Å². The number of thiazole rings is 1. The molecule has 0 aliphatic carbocycles. The second kappa shape index (κ2) is 5.78. The van der Waals surface area contributed by atoms with Crippen LogP contribution in [-0.4, -0.2) is 17.6 Å². The van der Waals surface area contributed by atoms with E-state index in [4.69, 9.17) is 4.74 Å². The average Bonchev–Trinajstić information content (AvgIpc) is 2.81. The largest absolute Gasteiger partial charge is 0.461 e. The third-order valence-electron chi connectivity index (χ3n) is 2.64. The average molecular weight is 261 g/mol. The van der Waals surface area contributed by atoms with Crippen LogP contribution in [-0.2, 0) is 11.2 Å². The van der Waals surface area contributed by atoms with Gasteiger partial charge in [-0.25, -0.2) is 9.78 Å². The molecule has 18 heavy (non-hydrogen) atoms. The molecule has 2 aromatic rings. The number of aromatic nitrogens is 1. The summed E-state index contributed by atoms with van der Waals surface area (Å²) >= 11 is 1.50. The third kappa shape index (κ3) is 2.96. The van der Waals surface area contributed by atoms with Gasteiger partial charge in [-0.15, -0.1) is 11.3 Å². The van der Waals surface area contributed by atoms with Crippen molar-refractivity contribution in [2.75, 3.05) is 6.61 Å². The summed E-state index contributed by atoms with van der Waals surface area (Å²) in [5.74, 6) is -0.343. The summed E-state index contributed by atoms with van der Waals surface area (Å²) in [5, 5.41) is 2.69. The van der Waals surface area contributed by atoms with E-state index >= 15 is 0 Å². The van der Waals surface area contributed by atoms with E-state index in [0.717, 1.165) is 11.4 Å². The summed E-state index contributed by atoms with van der Waals surface area (Å²) in [6, 6.07) is 8.20. The molecule has 1 heterocycles. The molecule has 94 valence electrons. The number of nitrogens with zero attached hydrogens (tertiary/aromatic N) is 1. The minimum Gasteiger partial charge on any atom is -0.461 e. The van der Waals surface area contributed by atoms with E-state index < -0.39 is 0 Å². The lowest BCUT2D eigenvalue weighted by Gasteiger charge is -2.02. The molecule has 1 aromatic heterocycles. The number of carbonyl (C=O) groups is 1. The number of hydrogen-bond donors (Lipinski definition) is 0. The summed E-state index contributed by atoms with van der Waals surface area (Å²) in [7, 11) is 0. The van der Waals surface area contributed by atoms with Gasteiger partial charge in [0.15, 0.2) is 5.69 Å². The van der Waals surface area contributed by atoms with Gasteiger partial charge in [-0.1, -0.05) is 24.3 Å². The smallest absolute Gasteiger partial charge is 0.357 e. The molecule has 0 aliphatic rings. The van der Waals surface area contributed by atoms with Gasteiger partial charge >= 0.3 is 5.97 Å². The van der Waals surface area contributed by atoms with Crippen LogP contribution in [0, 0.1) is 6.92 Å². The van der Waals surface area contributed by atoms with Crippen LogP contribution < -0.4 is 0 Å². The Kier molecular flexibility index (Phi) is 4.10. The van der Waals surface area contributed by atoms with Crippen molar-refractivity contribution in [1.29, 1.82) is 0 Å². The normalized spacial score (nSPS) is 10.3. The van der Waals surface area contributed by atoms with Crippen molar-refractivity contribution >= 4 is 17.3 Å². The van der Waals surface area contributed by atoms with Gasteiger partial charge in [0, 0.05) is 11.8 Å². The monoisotopic (exact) mass is 261 g/mol. The molecule has 0 saturated heterocycles. The topological polar surface area (TPSA) is 39.2 Å². The van der Waals surface area contributed by atoms with Crippen molar-refractivity contribution in [1.82, 2.24) is 4.98 Å². The lowest BCUT2D eigenvalue weighted by molar-refractivity contribution is 0.0520. The van der Waals surface area contributed by atoms with Crippen LogP contribution >= 0.6 is 11.3 Å². The van der Waals surface area contributed by atoms with Crippen LogP contribution in [0.25, 0.3) is 0 Å². The minimum atomic E-state index is -0.343. The first kappa shape index (κ1) is 12.8. The fourth-order valence-electron chi connectivity index (χ4n) is 1.66. The molecule has 0 N–H and O–H groups in total. The molecule has 0 radical (unpaired) electrons. The van der Waals surface area contributed by atoms with Crippen molar-refractivity contribution < 1.29 is 9.53 Å². The fourth-order valence-corrected chi connectivity index (χ4v) is 2.45. The number of ether oxygens (including phenoxy) is 1. The van der Waals surface area contributed by atoms with Gasteiger partial charge in [-0.05, 0) is 25.0 Å². The number of rotatable bonds is 4. The van der Waals surface area contributed by atoms with E-state index in [1.165, 1.54) is 22.5 Å². The molecule has 0 amide bonds. The van der Waals surface area contributed by atoms with Gasteiger partial charge in [0.25, 0.3) is 0 Å². The Morgan fingerprint density at radius 2 is 2.17 bits per heavy atom. The summed E-state index contributed by atoms with van der Waals surface area (Å²) < 4.78 is 4.92. The molecule has 0 spiro atoms. The summed E-state index contributed by atoms with van der Waals surface area (Å²) in [6.07, 6.45) is 0.761. The van der Waals surface area contributed by atoms with Gasteiger partial charge in [-0.3, -0.25) is 0 Å². The number of benzene rings is 1. The maximum atomic E-state index is 11.5. The van der Waals surface area contributed by atoms with Gasteiger partial charge in [0.05, 0.1) is 11.6 Å². The number of aryl methyl sites for hydroxylation is 1. The SMILES string of the molecule is CCOC(=O)c1csc(Cc2ccccc2C)n1. The fraction of sp³-hybridized carbons (Fsp3) is 0.286. The van der Waals surface area contributed by atoms with Gasteiger partial charge in [0.1, 0.15) is 0 Å². The Labute approximate surface area is 110 Å². The zero-order valence-electron chi connectivity index (χ0n) is 10.5. The third-order valence-corrected chi connectivity index (χ3v) is 3.49. The molecule has 0 atom stereocenters. The molecular weight excluding hydrogens is 246 g/mol. The first-order chi connectivity index (χ1) is 8.70. The lowest BCUT2D eigenvalue weighted by atomic mass is 10.1. The van der Waals surface area contributed by atoms with Crippen molar-refractivity contribution in [3.8, 4) is 0 Å². The highest BCUT2D eigenvalue weighted by Gasteiger charge is 2.12. The quantitative estimate of drug-likeness (QED) is 0.793. The zero-order chi connectivity index (χ0) is 13.0. The molecule has 3 nitrogen and oxygen atoms in total. The van der Waals surface area contributed by atoms with E-state index in [9.17, 15) is 4.79 Å². The number of hydrogen-bond acceptors (Lipinski definition) is 4. The van der Waals surface area contributed by atoms with Gasteiger partial charge < -0.3 is 4.74 Å². The summed E-state index contributed by atoms with van der Waals surface area (Å²) in [5.41, 5.74) is 2.89. The maximum absolute atomic E-state index is 11.5. The predicted molar refractivity (Wildman–Crippen MR) is 72.1 cm³/mol. The summed E-state index contributed by atoms with van der Waals surface area (Å²) in [6.45, 7) is 4.25. The molecule has 0 unspecified atom stereocenters. The van der Waals surface area contributed by atoms with Crippen LogP contribution in [0.3, 0.4) is 0 Å². The number of carbonyl (C=O) groups excluding carboxylic acids is 1. The second-order valence-corrected chi connectivity index (χ2v) is 4.89. The van der Waals surface area contributed by atoms with Crippen molar-refractivity contribution in [3.05, 3.63) is 51.5 Å². The highest BCUT2D eigenvalue weighted by atomic mass is 32.1. The van der Waals surface area contributed by atoms with Crippen LogP contribution in [0.5, 0.6) is 0 Å². The molecule has 0 saturated carbocycles. The van der Waals surface area contributed by atoms with Gasteiger partial charge in [-0.2, -0.15) is 0 Å². The van der Waals surface area contributed by atoms with Crippen molar-refractivity contribution in [3.63, 3.8) is 0 Å². The highest BCUT2D eigenvalue weighted by molar-refractivity contribution is 7.09. The Morgan fingerprint density at radius 1 is 1.39 bits per heavy atom. The molecule has 0 fully saturated rings. The van der Waals surface area contributed by atoms with E-state index in [2.05, 4.69) is 24.0 Å². The van der Waals surface area contributed by atoms with Crippen LogP contribution in [0.1, 0.15) is 33.5 Å². The predicted octanol–water partition coefficient (Wildman–Crippen LogP) is 3.22. The molecular formula is C14H15NO2S. The summed E-state index contributed by atoms with van der Waals surface area (Å²) in [4.78, 5) is 15.8. The van der Waals surface area contributed by atoms with E-state index in [0.29, 0.717) is 12.3 Å². The molecule has 1 aromatic carbocycles. The standard InChI is InChI=1S/C14H15NO2S/c1-3-17-14(16)12-9-18-13(15-12)8-11-7-5-4-6-10(11)2/h4-7,9H,3,8H2,1-2H3. The molecule has 0 bridgehead atoms. The highest BCUT2D eigenvalue weighted by Crippen LogP contribution is 2.17. The van der Waals surface area contributed by atoms with E-state index in [-0.39, 0.29) is 5.97 Å². The van der Waals surface area contributed by atoms with Crippen molar-refractivity contribution in [2.45, 2.75) is 20.3 Å². The van der Waals surface area contributed by atoms with Crippen molar-refractivity contribution in [2.24, 2.45) is 0 Å². The minimum absolute atomic E-state index is 0.343. The van der Waals surface area contributed by atoms with E-state index in [1.54, 1.807) is 12.3 Å². The molecule has 2 rings (SSSR count). The first-order valence-electron chi connectivity index (χ1n) is 5.86. The Morgan fingerprint density at radius 3 is 2.89 bits per heavy atom. The lowest BCUT2D eigenvalue weighted by Crippen LogP contribution is -2.05. The number of esters is 1.